The van der Waals surface area contributed by atoms with Crippen LogP contribution in [-0.2, 0) is 11.2 Å². The average Bonchev–Trinajstić information content (AvgIpc) is 3.05. The van der Waals surface area contributed by atoms with Crippen molar-refractivity contribution in [1.29, 1.82) is 0 Å². The van der Waals surface area contributed by atoms with Gasteiger partial charge in [-0.1, -0.05) is 31.2 Å². The maximum atomic E-state index is 12.2. The van der Waals surface area contributed by atoms with Gasteiger partial charge in [-0.05, 0) is 24.5 Å². The molecule has 1 aromatic carbocycles. The lowest BCUT2D eigenvalue weighted by molar-refractivity contribution is -0.115. The van der Waals surface area contributed by atoms with Crippen LogP contribution < -0.4 is 4.90 Å². The minimum atomic E-state index is 0.0546. The van der Waals surface area contributed by atoms with Crippen molar-refractivity contribution in [3.63, 3.8) is 0 Å². The van der Waals surface area contributed by atoms with Crippen LogP contribution in [0, 0.1) is 6.92 Å². The molecule has 20 heavy (non-hydrogen) atoms. The maximum Gasteiger partial charge on any atom is 0.240 e. The van der Waals surface area contributed by atoms with Crippen molar-refractivity contribution >= 4 is 34.1 Å². The molecule has 104 valence electrons. The number of hydrogen-bond acceptors (Lipinski definition) is 4. The number of aryl methyl sites for hydroxylation is 2. The number of benzene rings is 1. The number of rotatable bonds is 3. The van der Waals surface area contributed by atoms with Crippen LogP contribution in [0.1, 0.15) is 28.3 Å². The second-order valence-corrected chi connectivity index (χ2v) is 7.06. The van der Waals surface area contributed by atoms with E-state index in [1.165, 1.54) is 11.1 Å². The van der Waals surface area contributed by atoms with E-state index in [2.05, 4.69) is 36.2 Å². The smallest absolute Gasteiger partial charge is 0.240 e. The first-order valence-corrected chi connectivity index (χ1v) is 8.50. The number of nitrogens with zero attached hydrogens (tertiary/aromatic N) is 2. The molecule has 0 spiro atoms. The zero-order valence-electron chi connectivity index (χ0n) is 11.5. The van der Waals surface area contributed by atoms with Crippen molar-refractivity contribution in [2.24, 2.45) is 0 Å². The third kappa shape index (κ3) is 2.47. The summed E-state index contributed by atoms with van der Waals surface area (Å²) in [5.41, 5.74) is 2.49. The lowest BCUT2D eigenvalue weighted by atomic mass is 10.1. The van der Waals surface area contributed by atoms with Crippen LogP contribution in [0.3, 0.4) is 0 Å². The van der Waals surface area contributed by atoms with Crippen molar-refractivity contribution < 1.29 is 4.79 Å². The Bertz CT molecular complexity index is 621. The Kier molecular flexibility index (Phi) is 3.81. The van der Waals surface area contributed by atoms with Gasteiger partial charge in [0, 0.05) is 11.1 Å². The summed E-state index contributed by atoms with van der Waals surface area (Å²) in [6, 6.07) is 8.54. The first kappa shape index (κ1) is 13.6. The van der Waals surface area contributed by atoms with Gasteiger partial charge in [0.2, 0.25) is 5.91 Å². The van der Waals surface area contributed by atoms with E-state index in [0.29, 0.717) is 5.75 Å². The summed E-state index contributed by atoms with van der Waals surface area (Å²) in [4.78, 5) is 19.5. The molecule has 3 nitrogen and oxygen atoms in total. The second-order valence-electron chi connectivity index (χ2n) is 4.78. The van der Waals surface area contributed by atoms with Gasteiger partial charge in [-0.2, -0.15) is 0 Å². The third-order valence-corrected chi connectivity index (χ3v) is 5.48. The van der Waals surface area contributed by atoms with E-state index in [-0.39, 0.29) is 11.3 Å². The zero-order chi connectivity index (χ0) is 14.1. The molecule has 1 aromatic heterocycles. The van der Waals surface area contributed by atoms with Crippen LogP contribution in [-0.4, -0.2) is 16.6 Å². The van der Waals surface area contributed by atoms with Crippen molar-refractivity contribution in [3.8, 4) is 0 Å². The SMILES string of the molecule is CCc1ccc([C@H]2SCC(=O)N2c2ncc(C)s2)cc1. The fourth-order valence-corrected chi connectivity index (χ4v) is 4.28. The van der Waals surface area contributed by atoms with Crippen LogP contribution in [0.15, 0.2) is 30.5 Å². The van der Waals surface area contributed by atoms with E-state index in [1.807, 2.05) is 18.0 Å². The molecule has 0 saturated carbocycles. The van der Waals surface area contributed by atoms with Gasteiger partial charge < -0.3 is 0 Å². The van der Waals surface area contributed by atoms with Gasteiger partial charge in [0.15, 0.2) is 5.13 Å². The molecule has 1 amide bonds. The number of hydrogen-bond donors (Lipinski definition) is 0. The predicted molar refractivity (Wildman–Crippen MR) is 85.4 cm³/mol. The average molecular weight is 304 g/mol. The highest BCUT2D eigenvalue weighted by molar-refractivity contribution is 8.00. The van der Waals surface area contributed by atoms with Crippen molar-refractivity contribution in [1.82, 2.24) is 4.98 Å². The highest BCUT2D eigenvalue weighted by Gasteiger charge is 2.35. The molecule has 1 aliphatic heterocycles. The van der Waals surface area contributed by atoms with Crippen LogP contribution in [0.4, 0.5) is 5.13 Å². The van der Waals surface area contributed by atoms with Gasteiger partial charge in [-0.25, -0.2) is 4.98 Å². The Morgan fingerprint density at radius 3 is 2.70 bits per heavy atom. The second kappa shape index (κ2) is 5.58. The van der Waals surface area contributed by atoms with E-state index in [4.69, 9.17) is 0 Å². The maximum absolute atomic E-state index is 12.2. The first-order chi connectivity index (χ1) is 9.69. The quantitative estimate of drug-likeness (QED) is 0.865. The van der Waals surface area contributed by atoms with Crippen LogP contribution >= 0.6 is 23.1 Å². The number of amides is 1. The molecule has 2 aromatic rings. The highest BCUT2D eigenvalue weighted by atomic mass is 32.2. The summed E-state index contributed by atoms with van der Waals surface area (Å²) in [6.07, 6.45) is 2.86. The molecule has 0 aliphatic carbocycles. The third-order valence-electron chi connectivity index (χ3n) is 3.36. The van der Waals surface area contributed by atoms with E-state index >= 15 is 0 Å². The Morgan fingerprint density at radius 1 is 1.35 bits per heavy atom. The summed E-state index contributed by atoms with van der Waals surface area (Å²) >= 11 is 3.25. The molecule has 0 bridgehead atoms. The number of carbonyl (C=O) groups excluding carboxylic acids is 1. The largest absolute Gasteiger partial charge is 0.273 e. The topological polar surface area (TPSA) is 33.2 Å². The fourth-order valence-electron chi connectivity index (χ4n) is 2.25. The molecule has 1 atom stereocenters. The molecular weight excluding hydrogens is 288 g/mol. The van der Waals surface area contributed by atoms with Crippen molar-refractivity contribution in [3.05, 3.63) is 46.5 Å². The Labute approximate surface area is 127 Å². The number of thiazole rings is 1. The van der Waals surface area contributed by atoms with Crippen molar-refractivity contribution in [2.75, 3.05) is 10.7 Å². The summed E-state index contributed by atoms with van der Waals surface area (Å²) in [7, 11) is 0. The molecule has 2 heterocycles. The molecule has 1 saturated heterocycles. The van der Waals surface area contributed by atoms with E-state index in [9.17, 15) is 4.79 Å². The summed E-state index contributed by atoms with van der Waals surface area (Å²) in [5.74, 6) is 0.674. The Morgan fingerprint density at radius 2 is 2.10 bits per heavy atom. The molecule has 0 unspecified atom stereocenters. The van der Waals surface area contributed by atoms with Crippen LogP contribution in [0.2, 0.25) is 0 Å². The van der Waals surface area contributed by atoms with Gasteiger partial charge in [-0.15, -0.1) is 23.1 Å². The number of carbonyl (C=O) groups is 1. The molecule has 0 radical (unpaired) electrons. The van der Waals surface area contributed by atoms with E-state index < -0.39 is 0 Å². The Hall–Kier alpha value is -1.33. The van der Waals surface area contributed by atoms with Gasteiger partial charge >= 0.3 is 0 Å². The van der Waals surface area contributed by atoms with Gasteiger partial charge in [0.25, 0.3) is 0 Å². The van der Waals surface area contributed by atoms with Gasteiger partial charge in [0.05, 0.1) is 5.75 Å². The monoisotopic (exact) mass is 304 g/mol. The molecule has 1 aliphatic rings. The zero-order valence-corrected chi connectivity index (χ0v) is 13.1. The summed E-state index contributed by atoms with van der Waals surface area (Å²) in [6.45, 7) is 4.16. The highest BCUT2D eigenvalue weighted by Crippen LogP contribution is 2.42. The van der Waals surface area contributed by atoms with E-state index in [0.717, 1.165) is 16.4 Å². The lowest BCUT2D eigenvalue weighted by Gasteiger charge is -2.21. The number of anilines is 1. The number of aromatic nitrogens is 1. The van der Waals surface area contributed by atoms with Gasteiger partial charge in [-0.3, -0.25) is 9.69 Å². The predicted octanol–water partition coefficient (Wildman–Crippen LogP) is 3.79. The normalized spacial score (nSPS) is 18.8. The first-order valence-electron chi connectivity index (χ1n) is 6.64. The summed E-state index contributed by atoms with van der Waals surface area (Å²) in [5, 5.41) is 0.862. The molecule has 5 heteroatoms. The fraction of sp³-hybridized carbons (Fsp3) is 0.333. The minimum absolute atomic E-state index is 0.0546. The van der Waals surface area contributed by atoms with Crippen molar-refractivity contribution in [2.45, 2.75) is 25.6 Å². The molecule has 0 N–H and O–H groups in total. The minimum Gasteiger partial charge on any atom is -0.273 e. The molecule has 3 rings (SSSR count). The standard InChI is InChI=1S/C15H16N2OS2/c1-3-11-4-6-12(7-5-11)14-17(13(18)9-19-14)15-16-8-10(2)20-15/h4-8,14H,3,9H2,1-2H3/t14-/m1/s1. The molecule has 1 fully saturated rings. The summed E-state index contributed by atoms with van der Waals surface area (Å²) < 4.78 is 0. The van der Waals surface area contributed by atoms with Crippen LogP contribution in [0.5, 0.6) is 0 Å². The lowest BCUT2D eigenvalue weighted by Crippen LogP contribution is -2.27. The molecular formula is C15H16N2OS2. The number of thioether (sulfide) groups is 1. The van der Waals surface area contributed by atoms with E-state index in [1.54, 1.807) is 23.1 Å². The van der Waals surface area contributed by atoms with Gasteiger partial charge in [0.1, 0.15) is 5.37 Å². The van der Waals surface area contributed by atoms with Crippen LogP contribution in [0.25, 0.3) is 0 Å². The Balaban J connectivity index is 1.92.